The lowest BCUT2D eigenvalue weighted by Gasteiger charge is -2.33. The fourth-order valence-electron chi connectivity index (χ4n) is 6.19. The SMILES string of the molecule is CCCc1c(Cc2ccc(-c3ccccc3)c(C3=NNC(=O)C3)c2)c(=O)n(C2CC(C)OC(C)C2)c2ncnn12. The molecule has 0 spiro atoms. The Morgan fingerprint density at radius 2 is 1.80 bits per heavy atom. The molecule has 1 N–H and O–H groups in total. The molecule has 9 heteroatoms. The summed E-state index contributed by atoms with van der Waals surface area (Å²) >= 11 is 0. The third-order valence-corrected chi connectivity index (χ3v) is 7.85. The number of ether oxygens (including phenoxy) is 1. The summed E-state index contributed by atoms with van der Waals surface area (Å²) in [6.45, 7) is 6.22. The Morgan fingerprint density at radius 3 is 2.50 bits per heavy atom. The zero-order valence-corrected chi connectivity index (χ0v) is 23.1. The molecule has 4 aromatic rings. The first-order valence-corrected chi connectivity index (χ1v) is 14.1. The molecule has 1 saturated heterocycles. The van der Waals surface area contributed by atoms with Gasteiger partial charge in [-0.1, -0.05) is 55.8 Å². The van der Waals surface area contributed by atoms with Gasteiger partial charge in [-0.05, 0) is 55.9 Å². The second kappa shape index (κ2) is 10.8. The van der Waals surface area contributed by atoms with Crippen molar-refractivity contribution in [2.75, 3.05) is 0 Å². The standard InChI is InChI=1S/C31H34N6O3/c1-4-8-28-26(30(39)36(31-32-18-33-37(28)31)23-13-19(2)40-20(3)14-23)16-21-11-12-24(22-9-6-5-7-10-22)25(15-21)27-17-29(38)35-34-27/h5-7,9-12,15,18-20,23H,4,8,13-14,16-17H2,1-3H3,(H,35,38). The quantitative estimate of drug-likeness (QED) is 0.374. The Kier molecular flexibility index (Phi) is 7.06. The number of rotatable bonds is 7. The molecule has 0 bridgehead atoms. The van der Waals surface area contributed by atoms with Gasteiger partial charge in [-0.3, -0.25) is 14.2 Å². The third-order valence-electron chi connectivity index (χ3n) is 7.85. The summed E-state index contributed by atoms with van der Waals surface area (Å²) < 4.78 is 9.68. The van der Waals surface area contributed by atoms with Gasteiger partial charge in [0, 0.05) is 23.6 Å². The van der Waals surface area contributed by atoms with Gasteiger partial charge in [0.15, 0.2) is 0 Å². The first-order valence-electron chi connectivity index (χ1n) is 14.1. The van der Waals surface area contributed by atoms with Crippen molar-refractivity contribution in [3.8, 4) is 11.1 Å². The Balaban J connectivity index is 1.48. The molecule has 6 rings (SSSR count). The summed E-state index contributed by atoms with van der Waals surface area (Å²) in [5.41, 5.74) is 8.82. The first-order chi connectivity index (χ1) is 19.4. The summed E-state index contributed by atoms with van der Waals surface area (Å²) in [5, 5.41) is 8.89. The van der Waals surface area contributed by atoms with E-state index in [1.165, 1.54) is 6.33 Å². The molecule has 1 fully saturated rings. The number of fused-ring (bicyclic) bond motifs is 1. The molecule has 206 valence electrons. The summed E-state index contributed by atoms with van der Waals surface area (Å²) in [4.78, 5) is 30.9. The largest absolute Gasteiger partial charge is 0.375 e. The summed E-state index contributed by atoms with van der Waals surface area (Å²) in [5.74, 6) is 0.470. The van der Waals surface area contributed by atoms with Gasteiger partial charge in [0.1, 0.15) is 6.33 Å². The fourth-order valence-corrected chi connectivity index (χ4v) is 6.19. The van der Waals surface area contributed by atoms with Crippen molar-refractivity contribution < 1.29 is 9.53 Å². The normalized spacial score (nSPS) is 21.0. The molecular formula is C31H34N6O3. The third kappa shape index (κ3) is 4.86. The number of hydrazone groups is 1. The maximum atomic E-state index is 14.3. The molecule has 4 heterocycles. The zero-order chi connectivity index (χ0) is 27.8. The van der Waals surface area contributed by atoms with Crippen LogP contribution in [0.2, 0.25) is 0 Å². The van der Waals surface area contributed by atoms with Gasteiger partial charge in [-0.2, -0.15) is 15.2 Å². The molecule has 9 nitrogen and oxygen atoms in total. The molecule has 40 heavy (non-hydrogen) atoms. The average Bonchev–Trinajstić information content (AvgIpc) is 3.60. The van der Waals surface area contributed by atoms with Crippen molar-refractivity contribution in [2.24, 2.45) is 5.10 Å². The molecule has 0 aliphatic carbocycles. The Hall–Kier alpha value is -4.11. The van der Waals surface area contributed by atoms with E-state index in [2.05, 4.69) is 71.7 Å². The van der Waals surface area contributed by atoms with Gasteiger partial charge in [0.25, 0.3) is 5.56 Å². The van der Waals surface area contributed by atoms with E-state index in [0.717, 1.165) is 52.8 Å². The number of carbonyl (C=O) groups excluding carboxylic acids is 1. The van der Waals surface area contributed by atoms with Crippen LogP contribution in [-0.4, -0.2) is 43.0 Å². The van der Waals surface area contributed by atoms with E-state index < -0.39 is 0 Å². The van der Waals surface area contributed by atoms with E-state index in [0.29, 0.717) is 24.3 Å². The van der Waals surface area contributed by atoms with Crippen LogP contribution in [0.25, 0.3) is 16.9 Å². The number of aromatic nitrogens is 4. The van der Waals surface area contributed by atoms with Gasteiger partial charge < -0.3 is 4.74 Å². The lowest BCUT2D eigenvalue weighted by Crippen LogP contribution is -2.38. The number of amides is 1. The molecule has 2 unspecified atom stereocenters. The summed E-state index contributed by atoms with van der Waals surface area (Å²) in [6.07, 6.45) is 5.39. The second-order valence-corrected chi connectivity index (χ2v) is 10.9. The van der Waals surface area contributed by atoms with Crippen LogP contribution < -0.4 is 11.0 Å². The average molecular weight is 539 g/mol. The Bertz CT molecular complexity index is 1650. The maximum absolute atomic E-state index is 14.3. The number of hydrogen-bond acceptors (Lipinski definition) is 6. The second-order valence-electron chi connectivity index (χ2n) is 10.9. The molecule has 0 radical (unpaired) electrons. The predicted molar refractivity (Wildman–Crippen MR) is 154 cm³/mol. The van der Waals surface area contributed by atoms with E-state index in [1.807, 2.05) is 27.3 Å². The van der Waals surface area contributed by atoms with Crippen molar-refractivity contribution >= 4 is 17.4 Å². The highest BCUT2D eigenvalue weighted by atomic mass is 16.5. The molecule has 0 saturated carbocycles. The van der Waals surface area contributed by atoms with Crippen LogP contribution in [0.1, 0.15) is 74.9 Å². The van der Waals surface area contributed by atoms with Crippen molar-refractivity contribution in [2.45, 2.75) is 77.5 Å². The van der Waals surface area contributed by atoms with E-state index in [1.54, 1.807) is 0 Å². The van der Waals surface area contributed by atoms with Crippen molar-refractivity contribution in [3.63, 3.8) is 0 Å². The topological polar surface area (TPSA) is 103 Å². The van der Waals surface area contributed by atoms with Crippen LogP contribution >= 0.6 is 0 Å². The molecular weight excluding hydrogens is 504 g/mol. The lowest BCUT2D eigenvalue weighted by atomic mass is 9.91. The maximum Gasteiger partial charge on any atom is 0.259 e. The minimum absolute atomic E-state index is 0.0148. The van der Waals surface area contributed by atoms with Gasteiger partial charge in [0.05, 0.1) is 30.0 Å². The first kappa shape index (κ1) is 26.1. The highest BCUT2D eigenvalue weighted by Crippen LogP contribution is 2.31. The Morgan fingerprint density at radius 1 is 1.02 bits per heavy atom. The summed E-state index contributed by atoms with van der Waals surface area (Å²) in [6, 6.07) is 16.3. The highest BCUT2D eigenvalue weighted by molar-refractivity contribution is 6.16. The van der Waals surface area contributed by atoms with Gasteiger partial charge in [0.2, 0.25) is 11.7 Å². The molecule has 1 amide bonds. The fraction of sp³-hybridized carbons (Fsp3) is 0.387. The van der Waals surface area contributed by atoms with E-state index >= 15 is 0 Å². The molecule has 2 aliphatic rings. The van der Waals surface area contributed by atoms with Crippen LogP contribution in [0.3, 0.4) is 0 Å². The number of nitrogens with zero attached hydrogens (tertiary/aromatic N) is 5. The van der Waals surface area contributed by atoms with Crippen LogP contribution in [0.5, 0.6) is 0 Å². The van der Waals surface area contributed by atoms with Crippen LogP contribution in [0.15, 0.2) is 64.8 Å². The van der Waals surface area contributed by atoms with Crippen LogP contribution in [0, 0.1) is 0 Å². The van der Waals surface area contributed by atoms with Gasteiger partial charge in [-0.15, -0.1) is 0 Å². The van der Waals surface area contributed by atoms with E-state index in [-0.39, 0.29) is 36.1 Å². The monoisotopic (exact) mass is 538 g/mol. The van der Waals surface area contributed by atoms with Crippen molar-refractivity contribution in [1.82, 2.24) is 24.6 Å². The minimum atomic E-state index is -0.121. The number of benzene rings is 2. The lowest BCUT2D eigenvalue weighted by molar-refractivity contribution is -0.119. The number of carbonyl (C=O) groups is 1. The van der Waals surface area contributed by atoms with E-state index in [9.17, 15) is 9.59 Å². The van der Waals surface area contributed by atoms with Crippen molar-refractivity contribution in [1.29, 1.82) is 0 Å². The van der Waals surface area contributed by atoms with E-state index in [4.69, 9.17) is 4.74 Å². The number of hydrogen-bond donors (Lipinski definition) is 1. The number of aryl methyl sites for hydroxylation is 1. The molecule has 2 aromatic heterocycles. The molecule has 2 aromatic carbocycles. The van der Waals surface area contributed by atoms with Gasteiger partial charge >= 0.3 is 0 Å². The molecule has 2 aliphatic heterocycles. The minimum Gasteiger partial charge on any atom is -0.375 e. The zero-order valence-electron chi connectivity index (χ0n) is 23.1. The number of nitrogens with one attached hydrogen (secondary N) is 1. The van der Waals surface area contributed by atoms with Gasteiger partial charge in [-0.25, -0.2) is 9.94 Å². The van der Waals surface area contributed by atoms with Crippen LogP contribution in [0.4, 0.5) is 0 Å². The smallest absolute Gasteiger partial charge is 0.259 e. The molecule has 2 atom stereocenters. The Labute approximate surface area is 232 Å². The predicted octanol–water partition coefficient (Wildman–Crippen LogP) is 4.45. The summed E-state index contributed by atoms with van der Waals surface area (Å²) in [7, 11) is 0. The van der Waals surface area contributed by atoms with Crippen LogP contribution in [-0.2, 0) is 22.4 Å². The highest BCUT2D eigenvalue weighted by Gasteiger charge is 2.30. The van der Waals surface area contributed by atoms with Crippen molar-refractivity contribution in [3.05, 3.63) is 87.6 Å².